The fraction of sp³-hybridized carbons (Fsp3) is 0.727. The van der Waals surface area contributed by atoms with Gasteiger partial charge in [-0.2, -0.15) is 0 Å². The van der Waals surface area contributed by atoms with Crippen molar-refractivity contribution in [3.8, 4) is 11.5 Å². The molecule has 1 aliphatic rings. The van der Waals surface area contributed by atoms with Gasteiger partial charge in [0.2, 0.25) is 5.24 Å². The number of ether oxygens (including phenoxy) is 9. The van der Waals surface area contributed by atoms with Crippen LogP contribution < -0.4 is 14.8 Å². The summed E-state index contributed by atoms with van der Waals surface area (Å²) in [5, 5.41) is 2.32. The van der Waals surface area contributed by atoms with Gasteiger partial charge in [0.15, 0.2) is 5.60 Å². The van der Waals surface area contributed by atoms with Crippen LogP contribution in [0.25, 0.3) is 0 Å². The largest absolute Gasteiger partial charge is 0.477 e. The van der Waals surface area contributed by atoms with Crippen molar-refractivity contribution in [1.82, 2.24) is 5.32 Å². The maximum absolute atomic E-state index is 13.1. The van der Waals surface area contributed by atoms with Crippen molar-refractivity contribution in [2.45, 2.75) is 59.0 Å². The Labute approximate surface area is 283 Å². The predicted molar refractivity (Wildman–Crippen MR) is 174 cm³/mol. The molecule has 0 saturated carbocycles. The molecule has 14 heteroatoms. The van der Waals surface area contributed by atoms with Crippen molar-refractivity contribution in [1.29, 1.82) is 0 Å². The number of halogens is 1. The SMILES string of the molecule is COCCOCCOCCOCCOCCOCCOCCNC(=O)C1(C)CCc2c(C)c(OC(=O)CCC(=O)Cl)c(C)c(C)c2O1. The Morgan fingerprint density at radius 3 is 1.70 bits per heavy atom. The Hall–Kier alpha value is -2.36. The van der Waals surface area contributed by atoms with Crippen molar-refractivity contribution in [3.63, 3.8) is 0 Å². The molecule has 0 fully saturated rings. The van der Waals surface area contributed by atoms with E-state index < -0.39 is 16.8 Å². The van der Waals surface area contributed by atoms with Crippen LogP contribution in [0, 0.1) is 20.8 Å². The van der Waals surface area contributed by atoms with Crippen molar-refractivity contribution < 1.29 is 57.0 Å². The molecule has 2 rings (SSSR count). The van der Waals surface area contributed by atoms with Crippen LogP contribution in [0.3, 0.4) is 0 Å². The first-order valence-electron chi connectivity index (χ1n) is 16.0. The molecule has 0 aliphatic carbocycles. The fourth-order valence-corrected chi connectivity index (χ4v) is 4.77. The van der Waals surface area contributed by atoms with E-state index in [0.29, 0.717) is 117 Å². The van der Waals surface area contributed by atoms with E-state index in [-0.39, 0.29) is 18.7 Å². The molecule has 1 aromatic rings. The van der Waals surface area contributed by atoms with Gasteiger partial charge < -0.3 is 47.9 Å². The monoisotopic (exact) mass is 689 g/mol. The second kappa shape index (κ2) is 23.1. The summed E-state index contributed by atoms with van der Waals surface area (Å²) in [6.45, 7) is 13.9. The molecule has 1 aliphatic heterocycles. The van der Waals surface area contributed by atoms with Crippen LogP contribution in [-0.2, 0) is 54.0 Å². The highest BCUT2D eigenvalue weighted by Crippen LogP contribution is 2.44. The van der Waals surface area contributed by atoms with Gasteiger partial charge >= 0.3 is 5.97 Å². The Balaban J connectivity index is 1.55. The van der Waals surface area contributed by atoms with E-state index in [1.807, 2.05) is 20.8 Å². The Bertz CT molecular complexity index is 1120. The minimum atomic E-state index is -1.06. The van der Waals surface area contributed by atoms with Crippen LogP contribution in [0.15, 0.2) is 0 Å². The van der Waals surface area contributed by atoms with Crippen molar-refractivity contribution in [3.05, 3.63) is 22.3 Å². The topological polar surface area (TPSA) is 146 Å². The van der Waals surface area contributed by atoms with E-state index in [1.165, 1.54) is 0 Å². The first kappa shape index (κ1) is 40.8. The lowest BCUT2D eigenvalue weighted by molar-refractivity contribution is -0.137. The van der Waals surface area contributed by atoms with Crippen LogP contribution in [-0.4, -0.2) is 122 Å². The number of benzene rings is 1. The summed E-state index contributed by atoms with van der Waals surface area (Å²) in [4.78, 5) is 36.4. The Kier molecular flexibility index (Phi) is 20.0. The fourth-order valence-electron chi connectivity index (χ4n) is 4.68. The molecule has 0 radical (unpaired) electrons. The molecule has 268 valence electrons. The molecule has 1 unspecified atom stereocenters. The number of amides is 1. The highest BCUT2D eigenvalue weighted by molar-refractivity contribution is 6.63. The zero-order valence-electron chi connectivity index (χ0n) is 28.5. The first-order valence-corrected chi connectivity index (χ1v) is 16.4. The van der Waals surface area contributed by atoms with Crippen LogP contribution in [0.5, 0.6) is 11.5 Å². The number of fused-ring (bicyclic) bond motifs is 1. The molecule has 1 amide bonds. The molecule has 47 heavy (non-hydrogen) atoms. The van der Waals surface area contributed by atoms with Crippen molar-refractivity contribution >= 4 is 28.7 Å². The smallest absolute Gasteiger partial charge is 0.311 e. The summed E-state index contributed by atoms with van der Waals surface area (Å²) in [5.41, 5.74) is 2.15. The predicted octanol–water partition coefficient (Wildman–Crippen LogP) is 3.01. The quantitative estimate of drug-likeness (QED) is 0.0660. The molecule has 0 spiro atoms. The summed E-state index contributed by atoms with van der Waals surface area (Å²) in [5.74, 6) is 0.333. The van der Waals surface area contributed by atoms with E-state index in [1.54, 1.807) is 14.0 Å². The lowest BCUT2D eigenvalue weighted by Crippen LogP contribution is -2.51. The number of nitrogens with one attached hydrogen (secondary N) is 1. The summed E-state index contributed by atoms with van der Waals surface area (Å²) in [7, 11) is 1.63. The maximum atomic E-state index is 13.1. The number of carbonyl (C=O) groups is 3. The van der Waals surface area contributed by atoms with E-state index in [2.05, 4.69) is 5.32 Å². The average Bonchev–Trinajstić information content (AvgIpc) is 3.05. The van der Waals surface area contributed by atoms with E-state index in [4.69, 9.17) is 54.2 Å². The third-order valence-corrected chi connectivity index (χ3v) is 7.73. The first-order chi connectivity index (χ1) is 22.6. The molecule has 0 aromatic heterocycles. The average molecular weight is 690 g/mol. The maximum Gasteiger partial charge on any atom is 0.311 e. The van der Waals surface area contributed by atoms with Crippen LogP contribution in [0.2, 0.25) is 0 Å². The molecule has 0 bridgehead atoms. The number of rotatable bonds is 26. The van der Waals surface area contributed by atoms with Gasteiger partial charge in [0.25, 0.3) is 5.91 Å². The number of carbonyl (C=O) groups excluding carboxylic acids is 3. The standard InChI is InChI=1S/C33H52ClNO12/c1-24-25(2)31-27(26(3)30(24)46-29(37)7-6-28(34)36)8-9-33(4,47-31)32(38)35-10-11-40-14-15-42-18-19-44-22-23-45-21-20-43-17-16-41-13-12-39-5/h6-23H2,1-5H3,(H,35,38). The van der Waals surface area contributed by atoms with E-state index in [0.717, 1.165) is 22.3 Å². The van der Waals surface area contributed by atoms with Gasteiger partial charge in [0, 0.05) is 32.1 Å². The van der Waals surface area contributed by atoms with E-state index in [9.17, 15) is 14.4 Å². The molecule has 1 atom stereocenters. The highest BCUT2D eigenvalue weighted by Gasteiger charge is 2.40. The number of hydrogen-bond acceptors (Lipinski definition) is 12. The Morgan fingerprint density at radius 2 is 1.21 bits per heavy atom. The van der Waals surface area contributed by atoms with Crippen LogP contribution >= 0.6 is 11.6 Å². The van der Waals surface area contributed by atoms with Gasteiger partial charge in [0.05, 0.1) is 92.3 Å². The summed E-state index contributed by atoms with van der Waals surface area (Å²) in [6, 6.07) is 0. The zero-order chi connectivity index (χ0) is 34.5. The second-order valence-corrected chi connectivity index (χ2v) is 11.5. The zero-order valence-corrected chi connectivity index (χ0v) is 29.3. The van der Waals surface area contributed by atoms with Crippen molar-refractivity contribution in [2.24, 2.45) is 0 Å². The number of esters is 1. The molecular weight excluding hydrogens is 638 g/mol. The molecule has 1 N–H and O–H groups in total. The molecule has 0 saturated heterocycles. The second-order valence-electron chi connectivity index (χ2n) is 11.1. The van der Waals surface area contributed by atoms with Gasteiger partial charge in [-0.25, -0.2) is 0 Å². The lowest BCUT2D eigenvalue weighted by Gasteiger charge is -2.37. The Morgan fingerprint density at radius 1 is 0.723 bits per heavy atom. The summed E-state index contributed by atoms with van der Waals surface area (Å²) in [6.07, 6.45) is 0.839. The summed E-state index contributed by atoms with van der Waals surface area (Å²) >= 11 is 5.35. The minimum absolute atomic E-state index is 0.0869. The number of hydrogen-bond donors (Lipinski definition) is 1. The van der Waals surface area contributed by atoms with Gasteiger partial charge in [-0.15, -0.1) is 0 Å². The number of methoxy groups -OCH3 is 1. The molecule has 1 aromatic carbocycles. The van der Waals surface area contributed by atoms with Gasteiger partial charge in [-0.3, -0.25) is 14.4 Å². The summed E-state index contributed by atoms with van der Waals surface area (Å²) < 4.78 is 49.5. The van der Waals surface area contributed by atoms with E-state index >= 15 is 0 Å². The third kappa shape index (κ3) is 15.2. The van der Waals surface area contributed by atoms with Crippen LogP contribution in [0.1, 0.15) is 48.4 Å². The highest BCUT2D eigenvalue weighted by atomic mass is 35.5. The minimum Gasteiger partial charge on any atom is -0.477 e. The molecule has 13 nitrogen and oxygen atoms in total. The van der Waals surface area contributed by atoms with Crippen LogP contribution in [0.4, 0.5) is 0 Å². The normalized spacial score (nSPS) is 15.6. The van der Waals surface area contributed by atoms with Gasteiger partial charge in [-0.05, 0) is 62.4 Å². The third-order valence-electron chi connectivity index (χ3n) is 7.54. The lowest BCUT2D eigenvalue weighted by atomic mass is 9.86. The molecule has 1 heterocycles. The van der Waals surface area contributed by atoms with Gasteiger partial charge in [0.1, 0.15) is 11.5 Å². The van der Waals surface area contributed by atoms with Crippen molar-refractivity contribution in [2.75, 3.05) is 99.5 Å². The van der Waals surface area contributed by atoms with Gasteiger partial charge in [-0.1, -0.05) is 0 Å². The molecular formula is C33H52ClNO12.